The molecule has 1 N–H and O–H groups in total. The van der Waals surface area contributed by atoms with E-state index in [-0.39, 0.29) is 17.9 Å². The zero-order valence-corrected chi connectivity index (χ0v) is 16.4. The van der Waals surface area contributed by atoms with Crippen LogP contribution in [-0.2, 0) is 11.2 Å². The predicted octanol–water partition coefficient (Wildman–Crippen LogP) is 3.29. The summed E-state index contributed by atoms with van der Waals surface area (Å²) < 4.78 is 5.75. The SMILES string of the molecule is C=CC[C@@H](Cc1cnccn1)C(=O)N([C@@H]1CCOc2ccccc21)C(C)(C)O. The van der Waals surface area contributed by atoms with E-state index in [1.54, 1.807) is 43.4 Å². The van der Waals surface area contributed by atoms with Gasteiger partial charge < -0.3 is 14.7 Å². The Morgan fingerprint density at radius 2 is 2.21 bits per heavy atom. The predicted molar refractivity (Wildman–Crippen MR) is 106 cm³/mol. The monoisotopic (exact) mass is 381 g/mol. The minimum absolute atomic E-state index is 0.125. The second-order valence-corrected chi connectivity index (χ2v) is 7.52. The molecule has 0 aliphatic carbocycles. The lowest BCUT2D eigenvalue weighted by molar-refractivity contribution is -0.166. The van der Waals surface area contributed by atoms with Gasteiger partial charge in [0.05, 0.1) is 18.3 Å². The number of hydrogen-bond donors (Lipinski definition) is 1. The number of carbonyl (C=O) groups is 1. The maximum Gasteiger partial charge on any atom is 0.229 e. The van der Waals surface area contributed by atoms with E-state index in [2.05, 4.69) is 16.5 Å². The topological polar surface area (TPSA) is 75.6 Å². The van der Waals surface area contributed by atoms with Crippen LogP contribution in [0.15, 0.2) is 55.5 Å². The number of hydrogen-bond acceptors (Lipinski definition) is 5. The van der Waals surface area contributed by atoms with Gasteiger partial charge in [0.15, 0.2) is 0 Å². The highest BCUT2D eigenvalue weighted by Gasteiger charge is 2.40. The van der Waals surface area contributed by atoms with Crippen LogP contribution in [0.1, 0.15) is 44.0 Å². The molecule has 0 spiro atoms. The first-order valence-electron chi connectivity index (χ1n) is 9.55. The number of aliphatic hydroxyl groups is 1. The molecule has 2 atom stereocenters. The molecule has 2 aromatic rings. The minimum atomic E-state index is -1.33. The Morgan fingerprint density at radius 3 is 2.89 bits per heavy atom. The van der Waals surface area contributed by atoms with Gasteiger partial charge in [0.2, 0.25) is 5.91 Å². The number of nitrogens with zero attached hydrogens (tertiary/aromatic N) is 3. The summed E-state index contributed by atoms with van der Waals surface area (Å²) in [6.07, 6.45) is 8.19. The smallest absolute Gasteiger partial charge is 0.229 e. The summed E-state index contributed by atoms with van der Waals surface area (Å²) in [7, 11) is 0. The van der Waals surface area contributed by atoms with Gasteiger partial charge in [-0.15, -0.1) is 6.58 Å². The van der Waals surface area contributed by atoms with E-state index in [0.717, 1.165) is 17.0 Å². The average Bonchev–Trinajstić information content (AvgIpc) is 2.68. The second-order valence-electron chi connectivity index (χ2n) is 7.52. The Labute approximate surface area is 165 Å². The third kappa shape index (κ3) is 4.39. The van der Waals surface area contributed by atoms with Crippen LogP contribution in [0.4, 0.5) is 0 Å². The van der Waals surface area contributed by atoms with Crippen LogP contribution < -0.4 is 4.74 Å². The van der Waals surface area contributed by atoms with Crippen LogP contribution >= 0.6 is 0 Å². The van der Waals surface area contributed by atoms with Gasteiger partial charge in [0.25, 0.3) is 0 Å². The molecule has 0 saturated carbocycles. The van der Waals surface area contributed by atoms with E-state index in [4.69, 9.17) is 4.74 Å². The molecular formula is C22H27N3O3. The molecule has 0 saturated heterocycles. The van der Waals surface area contributed by atoms with Crippen molar-refractivity contribution in [1.82, 2.24) is 14.9 Å². The molecule has 0 bridgehead atoms. The Bertz CT molecular complexity index is 817. The number of benzene rings is 1. The minimum Gasteiger partial charge on any atom is -0.493 e. The van der Waals surface area contributed by atoms with Crippen molar-refractivity contribution in [3.63, 3.8) is 0 Å². The largest absolute Gasteiger partial charge is 0.493 e. The van der Waals surface area contributed by atoms with Crippen molar-refractivity contribution < 1.29 is 14.6 Å². The van der Waals surface area contributed by atoms with Crippen molar-refractivity contribution in [3.8, 4) is 5.75 Å². The maximum atomic E-state index is 13.6. The number of amides is 1. The van der Waals surface area contributed by atoms with Gasteiger partial charge in [-0.25, -0.2) is 0 Å². The van der Waals surface area contributed by atoms with Gasteiger partial charge >= 0.3 is 0 Å². The lowest BCUT2D eigenvalue weighted by Crippen LogP contribution is -2.53. The van der Waals surface area contributed by atoms with Gasteiger partial charge in [0.1, 0.15) is 11.5 Å². The molecule has 6 heteroatoms. The fourth-order valence-corrected chi connectivity index (χ4v) is 3.75. The number of ether oxygens (including phenoxy) is 1. The van der Waals surface area contributed by atoms with Crippen molar-refractivity contribution in [1.29, 1.82) is 0 Å². The molecular weight excluding hydrogens is 354 g/mol. The molecule has 1 aliphatic heterocycles. The molecule has 0 fully saturated rings. The number of aromatic nitrogens is 2. The van der Waals surface area contributed by atoms with Gasteiger partial charge in [-0.05, 0) is 26.3 Å². The highest BCUT2D eigenvalue weighted by molar-refractivity contribution is 5.80. The molecule has 1 aromatic heterocycles. The average molecular weight is 381 g/mol. The van der Waals surface area contributed by atoms with Crippen molar-refractivity contribution in [2.45, 2.75) is 44.9 Å². The Kier molecular flexibility index (Phi) is 6.09. The number of rotatable bonds is 7. The van der Waals surface area contributed by atoms with Gasteiger partial charge in [-0.2, -0.15) is 0 Å². The first-order valence-corrected chi connectivity index (χ1v) is 9.55. The molecule has 3 rings (SSSR count). The van der Waals surface area contributed by atoms with Crippen LogP contribution in [-0.4, -0.2) is 38.2 Å². The zero-order valence-electron chi connectivity index (χ0n) is 16.4. The van der Waals surface area contributed by atoms with Crippen LogP contribution in [0.3, 0.4) is 0 Å². The van der Waals surface area contributed by atoms with Crippen LogP contribution in [0, 0.1) is 5.92 Å². The van der Waals surface area contributed by atoms with Crippen LogP contribution in [0.5, 0.6) is 5.75 Å². The summed E-state index contributed by atoms with van der Waals surface area (Å²) in [5.74, 6) is 0.255. The summed E-state index contributed by atoms with van der Waals surface area (Å²) in [6, 6.07) is 7.43. The van der Waals surface area contributed by atoms with Crippen molar-refractivity contribution >= 4 is 5.91 Å². The van der Waals surface area contributed by atoms with E-state index in [0.29, 0.717) is 25.9 Å². The van der Waals surface area contributed by atoms with Gasteiger partial charge in [0, 0.05) is 42.9 Å². The van der Waals surface area contributed by atoms with Crippen LogP contribution in [0.2, 0.25) is 0 Å². The first-order chi connectivity index (χ1) is 13.4. The zero-order chi connectivity index (χ0) is 20.1. The summed E-state index contributed by atoms with van der Waals surface area (Å²) in [6.45, 7) is 7.60. The fourth-order valence-electron chi connectivity index (χ4n) is 3.75. The van der Waals surface area contributed by atoms with E-state index in [1.165, 1.54) is 0 Å². The summed E-state index contributed by atoms with van der Waals surface area (Å²) in [5, 5.41) is 10.9. The fraction of sp³-hybridized carbons (Fsp3) is 0.409. The Morgan fingerprint density at radius 1 is 1.43 bits per heavy atom. The van der Waals surface area contributed by atoms with Crippen molar-refractivity contribution in [2.75, 3.05) is 6.61 Å². The second kappa shape index (κ2) is 8.52. The first kappa shape index (κ1) is 20.0. The van der Waals surface area contributed by atoms with E-state index < -0.39 is 5.72 Å². The van der Waals surface area contributed by atoms with Crippen LogP contribution in [0.25, 0.3) is 0 Å². The molecule has 28 heavy (non-hydrogen) atoms. The number of carbonyl (C=O) groups excluding carboxylic acids is 1. The molecule has 1 aromatic carbocycles. The summed E-state index contributed by atoms with van der Waals surface area (Å²) >= 11 is 0. The number of allylic oxidation sites excluding steroid dienone is 1. The highest BCUT2D eigenvalue weighted by Crippen LogP contribution is 2.39. The van der Waals surface area contributed by atoms with E-state index >= 15 is 0 Å². The summed E-state index contributed by atoms with van der Waals surface area (Å²) in [4.78, 5) is 23.6. The third-order valence-electron chi connectivity index (χ3n) is 4.94. The molecule has 2 heterocycles. The quantitative estimate of drug-likeness (QED) is 0.588. The van der Waals surface area contributed by atoms with Crippen molar-refractivity contribution in [2.24, 2.45) is 5.92 Å². The lowest BCUT2D eigenvalue weighted by atomic mass is 9.92. The molecule has 6 nitrogen and oxygen atoms in total. The molecule has 0 unspecified atom stereocenters. The maximum absolute atomic E-state index is 13.6. The lowest BCUT2D eigenvalue weighted by Gasteiger charge is -2.44. The third-order valence-corrected chi connectivity index (χ3v) is 4.94. The summed E-state index contributed by atoms with van der Waals surface area (Å²) in [5.41, 5.74) is 0.334. The molecule has 1 aliphatic rings. The van der Waals surface area contributed by atoms with Crippen molar-refractivity contribution in [3.05, 3.63) is 66.8 Å². The normalized spacial score (nSPS) is 17.2. The number of para-hydroxylation sites is 1. The molecule has 0 radical (unpaired) electrons. The molecule has 1 amide bonds. The van der Waals surface area contributed by atoms with Gasteiger partial charge in [-0.3, -0.25) is 14.8 Å². The van der Waals surface area contributed by atoms with Gasteiger partial charge in [-0.1, -0.05) is 24.3 Å². The Hall–Kier alpha value is -2.73. The highest BCUT2D eigenvalue weighted by atomic mass is 16.5. The standard InChI is InChI=1S/C22H27N3O3/c1-4-7-16(14-17-15-23-11-12-24-17)21(26)25(22(2,3)27)19-10-13-28-20-9-6-5-8-18(19)20/h4-6,8-9,11-12,15-16,19,27H,1,7,10,13-14H2,2-3H3/t16-,19+/m0/s1. The van der Waals surface area contributed by atoms with E-state index in [1.807, 2.05) is 24.3 Å². The van der Waals surface area contributed by atoms with E-state index in [9.17, 15) is 9.90 Å². The Balaban J connectivity index is 1.94. The number of fused-ring (bicyclic) bond motifs is 1. The molecule has 148 valence electrons.